The van der Waals surface area contributed by atoms with Crippen molar-refractivity contribution in [1.82, 2.24) is 4.90 Å². The lowest BCUT2D eigenvalue weighted by atomic mass is 9.82. The molecular weight excluding hydrogens is 488 g/mol. The maximum absolute atomic E-state index is 14.0. The summed E-state index contributed by atoms with van der Waals surface area (Å²) in [6, 6.07) is 1.47. The lowest BCUT2D eigenvalue weighted by Crippen LogP contribution is -2.47. The number of carboxylic acid groups (broad SMARTS) is 1. The minimum absolute atomic E-state index is 0.0204. The van der Waals surface area contributed by atoms with Crippen LogP contribution in [0.2, 0.25) is 0 Å². The van der Waals surface area contributed by atoms with E-state index in [-0.39, 0.29) is 40.4 Å². The number of carbonyl (C=O) groups excluding carboxylic acids is 2. The van der Waals surface area contributed by atoms with Crippen molar-refractivity contribution in [2.75, 3.05) is 18.0 Å². The minimum atomic E-state index is -1.06. The Bertz CT molecular complexity index is 1060. The Balaban J connectivity index is 1.62. The first-order valence-corrected chi connectivity index (χ1v) is 14.5. The maximum Gasteiger partial charge on any atom is 0.410 e. The second-order valence-corrected chi connectivity index (χ2v) is 13.0. The predicted molar refractivity (Wildman–Crippen MR) is 145 cm³/mol. The van der Waals surface area contributed by atoms with E-state index in [0.29, 0.717) is 36.0 Å². The normalized spacial score (nSPS) is 24.4. The van der Waals surface area contributed by atoms with E-state index >= 15 is 0 Å². The molecule has 2 aliphatic carbocycles. The molecule has 1 aromatic rings. The summed E-state index contributed by atoms with van der Waals surface area (Å²) >= 11 is 1.12. The summed E-state index contributed by atoms with van der Waals surface area (Å²) < 4.78 is 5.72. The highest BCUT2D eigenvalue weighted by Gasteiger charge is 2.40. The first-order chi connectivity index (χ1) is 17.5. The second-order valence-electron chi connectivity index (χ2n) is 12.0. The summed E-state index contributed by atoms with van der Waals surface area (Å²) in [6.45, 7) is 9.06. The van der Waals surface area contributed by atoms with Gasteiger partial charge in [-0.2, -0.15) is 0 Å². The fourth-order valence-corrected chi connectivity index (χ4v) is 6.41. The average molecular weight is 529 g/mol. The quantitative estimate of drug-likeness (QED) is 0.463. The molecule has 7 nitrogen and oxygen atoms in total. The third-order valence-electron chi connectivity index (χ3n) is 7.69. The number of carboxylic acids is 1. The molecule has 3 aliphatic rings. The number of thiophene rings is 1. The summed E-state index contributed by atoms with van der Waals surface area (Å²) in [5, 5.41) is 10.1. The fourth-order valence-electron chi connectivity index (χ4n) is 5.57. The van der Waals surface area contributed by atoms with Crippen molar-refractivity contribution < 1.29 is 24.2 Å². The topological polar surface area (TPSA) is 87.2 Å². The van der Waals surface area contributed by atoms with E-state index < -0.39 is 5.97 Å². The third kappa shape index (κ3) is 6.87. The van der Waals surface area contributed by atoms with Crippen molar-refractivity contribution in [3.8, 4) is 11.8 Å². The van der Waals surface area contributed by atoms with E-state index in [0.717, 1.165) is 62.7 Å². The van der Waals surface area contributed by atoms with Gasteiger partial charge in [-0.25, -0.2) is 9.59 Å². The lowest BCUT2D eigenvalue weighted by Gasteiger charge is -2.34. The number of carbonyl (C=O) groups is 3. The van der Waals surface area contributed by atoms with E-state index in [1.54, 1.807) is 15.9 Å². The Labute approximate surface area is 224 Å². The summed E-state index contributed by atoms with van der Waals surface area (Å²) in [6.07, 6.45) is 7.82. The highest BCUT2D eigenvalue weighted by Crippen LogP contribution is 2.38. The van der Waals surface area contributed by atoms with E-state index in [1.165, 1.54) is 0 Å². The van der Waals surface area contributed by atoms with Crippen LogP contribution in [0.5, 0.6) is 0 Å². The van der Waals surface area contributed by atoms with Crippen LogP contribution in [0.1, 0.15) is 100 Å². The molecular formula is C29H40N2O5S. The second kappa shape index (κ2) is 11.5. The van der Waals surface area contributed by atoms with Gasteiger partial charge in [-0.05, 0) is 90.5 Å². The Morgan fingerprint density at radius 1 is 1.08 bits per heavy atom. The maximum atomic E-state index is 14.0. The van der Waals surface area contributed by atoms with Gasteiger partial charge in [0.1, 0.15) is 11.0 Å². The Kier molecular flexibility index (Phi) is 8.52. The molecule has 2 heterocycles. The predicted octanol–water partition coefficient (Wildman–Crippen LogP) is 6.16. The van der Waals surface area contributed by atoms with Crippen LogP contribution >= 0.6 is 11.3 Å². The van der Waals surface area contributed by atoms with Crippen molar-refractivity contribution in [2.45, 2.75) is 97.6 Å². The summed E-state index contributed by atoms with van der Waals surface area (Å²) in [5.41, 5.74) is 0.184. The molecule has 1 saturated heterocycles. The van der Waals surface area contributed by atoms with E-state index in [9.17, 15) is 19.5 Å². The number of ether oxygens (including phenoxy) is 1. The summed E-state index contributed by atoms with van der Waals surface area (Å²) in [7, 11) is 0. The van der Waals surface area contributed by atoms with Crippen LogP contribution in [0.3, 0.4) is 0 Å². The summed E-state index contributed by atoms with van der Waals surface area (Å²) in [4.78, 5) is 43.3. The molecule has 0 radical (unpaired) electrons. The number of aromatic carboxylic acids is 1. The summed E-state index contributed by atoms with van der Waals surface area (Å²) in [5.74, 6) is 5.66. The number of likely N-dealkylation sites (tertiary alicyclic amines) is 1. The number of amides is 2. The van der Waals surface area contributed by atoms with Gasteiger partial charge in [-0.3, -0.25) is 4.79 Å². The standard InChI is InChI=1S/C29H40N2O5S/c1-19-9-11-20(12-10-19)26(32)31(21-14-16-30(18-21)28(35)36-22-7-5-6-8-22)24-17-23(13-15-29(2,3)4)37-25(24)27(33)34/h17,19-22H,5-12,14,16,18H2,1-4H3,(H,33,34)/t19-,20-,21-/m0/s1. The zero-order valence-corrected chi connectivity index (χ0v) is 23.4. The van der Waals surface area contributed by atoms with Crippen LogP contribution in [0, 0.1) is 29.1 Å². The minimum Gasteiger partial charge on any atom is -0.477 e. The van der Waals surface area contributed by atoms with Crippen LogP contribution in [0.15, 0.2) is 6.07 Å². The molecule has 0 unspecified atom stereocenters. The molecule has 0 aromatic carbocycles. The van der Waals surface area contributed by atoms with Gasteiger partial charge in [0.05, 0.1) is 16.6 Å². The average Bonchev–Trinajstić information content (AvgIpc) is 3.59. The third-order valence-corrected chi connectivity index (χ3v) is 8.71. The zero-order valence-electron chi connectivity index (χ0n) is 22.5. The molecule has 0 bridgehead atoms. The molecule has 1 N–H and O–H groups in total. The number of nitrogens with zero attached hydrogens (tertiary/aromatic N) is 2. The van der Waals surface area contributed by atoms with Crippen LogP contribution < -0.4 is 4.90 Å². The van der Waals surface area contributed by atoms with Crippen LogP contribution in [0.25, 0.3) is 0 Å². The molecule has 1 atom stereocenters. The van der Waals surface area contributed by atoms with Gasteiger partial charge < -0.3 is 19.6 Å². The number of rotatable bonds is 5. The van der Waals surface area contributed by atoms with Gasteiger partial charge in [-0.15, -0.1) is 11.3 Å². The van der Waals surface area contributed by atoms with Crippen molar-refractivity contribution in [2.24, 2.45) is 17.3 Å². The van der Waals surface area contributed by atoms with E-state index in [4.69, 9.17) is 4.74 Å². The molecule has 202 valence electrons. The molecule has 8 heteroatoms. The Hall–Kier alpha value is -2.53. The molecule has 0 spiro atoms. The van der Waals surface area contributed by atoms with Gasteiger partial charge >= 0.3 is 12.1 Å². The molecule has 1 aliphatic heterocycles. The Morgan fingerprint density at radius 3 is 2.38 bits per heavy atom. The highest BCUT2D eigenvalue weighted by molar-refractivity contribution is 7.15. The van der Waals surface area contributed by atoms with Crippen molar-refractivity contribution in [3.63, 3.8) is 0 Å². The molecule has 1 aromatic heterocycles. The number of hydrogen-bond donors (Lipinski definition) is 1. The largest absolute Gasteiger partial charge is 0.477 e. The molecule has 3 fully saturated rings. The number of anilines is 1. The van der Waals surface area contributed by atoms with Crippen LogP contribution in [0.4, 0.5) is 10.5 Å². The van der Waals surface area contributed by atoms with Gasteiger partial charge in [0.2, 0.25) is 5.91 Å². The zero-order chi connectivity index (χ0) is 26.7. The molecule has 37 heavy (non-hydrogen) atoms. The van der Waals surface area contributed by atoms with Crippen molar-refractivity contribution in [1.29, 1.82) is 0 Å². The Morgan fingerprint density at radius 2 is 1.76 bits per heavy atom. The van der Waals surface area contributed by atoms with Gasteiger partial charge in [0.15, 0.2) is 0 Å². The van der Waals surface area contributed by atoms with E-state index in [1.807, 2.05) is 20.8 Å². The molecule has 2 amide bonds. The van der Waals surface area contributed by atoms with Gasteiger partial charge in [0.25, 0.3) is 0 Å². The van der Waals surface area contributed by atoms with Crippen molar-refractivity contribution in [3.05, 3.63) is 15.8 Å². The smallest absolute Gasteiger partial charge is 0.410 e. The monoisotopic (exact) mass is 528 g/mol. The fraction of sp³-hybridized carbons (Fsp3) is 0.690. The van der Waals surface area contributed by atoms with Crippen LogP contribution in [-0.2, 0) is 9.53 Å². The highest BCUT2D eigenvalue weighted by atomic mass is 32.1. The van der Waals surface area contributed by atoms with Gasteiger partial charge in [0, 0.05) is 24.4 Å². The first kappa shape index (κ1) is 27.5. The molecule has 2 saturated carbocycles. The van der Waals surface area contributed by atoms with Crippen molar-refractivity contribution >= 4 is 35.0 Å². The SMILES string of the molecule is CC(C)(C)C#Cc1cc(N(C(=O)[C@H]2CC[C@H](C)CC2)[C@H]2CCN(C(=O)OC3CCCC3)C2)c(C(=O)O)s1. The van der Waals surface area contributed by atoms with E-state index in [2.05, 4.69) is 18.8 Å². The molecule has 4 rings (SSSR count). The van der Waals surface area contributed by atoms with Crippen LogP contribution in [-0.4, -0.2) is 53.2 Å². The lowest BCUT2D eigenvalue weighted by molar-refractivity contribution is -0.124. The first-order valence-electron chi connectivity index (χ1n) is 13.7. The number of hydrogen-bond acceptors (Lipinski definition) is 5. The van der Waals surface area contributed by atoms with Gasteiger partial charge in [-0.1, -0.05) is 18.8 Å².